The van der Waals surface area contributed by atoms with Gasteiger partial charge >= 0.3 is 0 Å². The summed E-state index contributed by atoms with van der Waals surface area (Å²) in [6.45, 7) is 3.35. The molecule has 98 valence electrons. The zero-order valence-corrected chi connectivity index (χ0v) is 10.6. The van der Waals surface area contributed by atoms with E-state index in [0.717, 1.165) is 11.6 Å². The molecular formula is C15H13F2NO. The van der Waals surface area contributed by atoms with Crippen LogP contribution < -0.4 is 5.32 Å². The van der Waals surface area contributed by atoms with Crippen LogP contribution in [-0.4, -0.2) is 5.91 Å². The second kappa shape index (κ2) is 5.18. The van der Waals surface area contributed by atoms with Crippen LogP contribution in [0.1, 0.15) is 21.5 Å². The third-order valence-corrected chi connectivity index (χ3v) is 2.79. The first-order chi connectivity index (χ1) is 8.99. The summed E-state index contributed by atoms with van der Waals surface area (Å²) in [5, 5.41) is 2.49. The highest BCUT2D eigenvalue weighted by Gasteiger charge is 2.19. The number of carbonyl (C=O) groups is 1. The van der Waals surface area contributed by atoms with Gasteiger partial charge in [-0.25, -0.2) is 8.78 Å². The number of amides is 1. The van der Waals surface area contributed by atoms with Crippen molar-refractivity contribution in [1.29, 1.82) is 0 Å². The van der Waals surface area contributed by atoms with E-state index >= 15 is 0 Å². The molecule has 0 aromatic heterocycles. The topological polar surface area (TPSA) is 29.1 Å². The second-order valence-corrected chi connectivity index (χ2v) is 4.38. The van der Waals surface area contributed by atoms with E-state index in [2.05, 4.69) is 5.32 Å². The Morgan fingerprint density at radius 3 is 2.53 bits per heavy atom. The molecule has 0 fully saturated rings. The van der Waals surface area contributed by atoms with Crippen LogP contribution in [0.2, 0.25) is 0 Å². The van der Waals surface area contributed by atoms with Crippen molar-refractivity contribution < 1.29 is 13.6 Å². The summed E-state index contributed by atoms with van der Waals surface area (Å²) < 4.78 is 27.4. The molecule has 0 bridgehead atoms. The molecule has 4 heteroatoms. The normalized spacial score (nSPS) is 10.3. The number of aryl methyl sites for hydroxylation is 2. The van der Waals surface area contributed by atoms with Crippen molar-refractivity contribution in [1.82, 2.24) is 0 Å². The fourth-order valence-electron chi connectivity index (χ4n) is 1.78. The molecule has 1 amide bonds. The van der Waals surface area contributed by atoms with Crippen LogP contribution in [0.3, 0.4) is 0 Å². The largest absolute Gasteiger partial charge is 0.322 e. The van der Waals surface area contributed by atoms with E-state index in [1.807, 2.05) is 13.0 Å². The molecule has 0 spiro atoms. The molecule has 19 heavy (non-hydrogen) atoms. The number of carbonyl (C=O) groups excluding carboxylic acids is 1. The van der Waals surface area contributed by atoms with Gasteiger partial charge in [-0.3, -0.25) is 4.79 Å². The van der Waals surface area contributed by atoms with Crippen molar-refractivity contribution in [3.8, 4) is 0 Å². The highest BCUT2D eigenvalue weighted by atomic mass is 19.1. The third kappa shape index (κ3) is 2.78. The van der Waals surface area contributed by atoms with Gasteiger partial charge < -0.3 is 5.32 Å². The van der Waals surface area contributed by atoms with E-state index in [-0.39, 0.29) is 5.56 Å². The number of nitrogens with one attached hydrogen (secondary N) is 1. The molecule has 2 nitrogen and oxygen atoms in total. The van der Waals surface area contributed by atoms with Crippen molar-refractivity contribution in [3.63, 3.8) is 0 Å². The SMILES string of the molecule is Cc1cccc(NC(=O)c2c(F)ccc(C)c2F)c1. The minimum absolute atomic E-state index is 0.232. The van der Waals surface area contributed by atoms with E-state index in [0.29, 0.717) is 5.69 Å². The minimum Gasteiger partial charge on any atom is -0.322 e. The van der Waals surface area contributed by atoms with Crippen molar-refractivity contribution in [3.05, 3.63) is 64.7 Å². The zero-order chi connectivity index (χ0) is 14.0. The Labute approximate surface area is 110 Å². The van der Waals surface area contributed by atoms with E-state index in [9.17, 15) is 13.6 Å². The summed E-state index contributed by atoms with van der Waals surface area (Å²) in [7, 11) is 0. The summed E-state index contributed by atoms with van der Waals surface area (Å²) >= 11 is 0. The number of benzene rings is 2. The molecule has 2 aromatic carbocycles. The highest BCUT2D eigenvalue weighted by molar-refractivity contribution is 6.04. The molecule has 1 N–H and O–H groups in total. The Kier molecular flexibility index (Phi) is 3.60. The zero-order valence-electron chi connectivity index (χ0n) is 10.6. The fourth-order valence-corrected chi connectivity index (χ4v) is 1.78. The van der Waals surface area contributed by atoms with Gasteiger partial charge in [0.25, 0.3) is 5.91 Å². The van der Waals surface area contributed by atoms with Gasteiger partial charge in [0.1, 0.15) is 17.2 Å². The standard InChI is InChI=1S/C15H13F2NO/c1-9-4-3-5-11(8-9)18-15(19)13-12(16)7-6-10(2)14(13)17/h3-8H,1-2H3,(H,18,19). The van der Waals surface area contributed by atoms with E-state index in [1.165, 1.54) is 13.0 Å². The lowest BCUT2D eigenvalue weighted by atomic mass is 10.1. The lowest BCUT2D eigenvalue weighted by molar-refractivity contribution is 0.101. The predicted molar refractivity (Wildman–Crippen MR) is 70.2 cm³/mol. The molecule has 2 rings (SSSR count). The first-order valence-electron chi connectivity index (χ1n) is 5.81. The molecule has 2 aromatic rings. The van der Waals surface area contributed by atoms with Gasteiger partial charge in [0.05, 0.1) is 0 Å². The maximum absolute atomic E-state index is 13.8. The molecule has 0 heterocycles. The molecule has 0 aliphatic rings. The number of anilines is 1. The lowest BCUT2D eigenvalue weighted by Gasteiger charge is -2.09. The van der Waals surface area contributed by atoms with Gasteiger partial charge in [-0.1, -0.05) is 18.2 Å². The fraction of sp³-hybridized carbons (Fsp3) is 0.133. The quantitative estimate of drug-likeness (QED) is 0.874. The summed E-state index contributed by atoms with van der Waals surface area (Å²) in [6, 6.07) is 9.40. The van der Waals surface area contributed by atoms with Crippen LogP contribution in [0.25, 0.3) is 0 Å². The molecule has 0 radical (unpaired) electrons. The first kappa shape index (κ1) is 13.2. The van der Waals surface area contributed by atoms with Crippen molar-refractivity contribution >= 4 is 11.6 Å². The van der Waals surface area contributed by atoms with Crippen LogP contribution >= 0.6 is 0 Å². The maximum Gasteiger partial charge on any atom is 0.261 e. The average Bonchev–Trinajstić information content (AvgIpc) is 2.34. The summed E-state index contributed by atoms with van der Waals surface area (Å²) in [5.41, 5.74) is 1.13. The molecule has 0 unspecified atom stereocenters. The van der Waals surface area contributed by atoms with Crippen LogP contribution in [0.4, 0.5) is 14.5 Å². The Morgan fingerprint density at radius 1 is 1.11 bits per heavy atom. The van der Waals surface area contributed by atoms with E-state index in [1.54, 1.807) is 18.2 Å². The number of hydrogen-bond acceptors (Lipinski definition) is 1. The Hall–Kier alpha value is -2.23. The number of rotatable bonds is 2. The number of halogens is 2. The van der Waals surface area contributed by atoms with Gasteiger partial charge in [-0.2, -0.15) is 0 Å². The summed E-state index contributed by atoms with van der Waals surface area (Å²) in [5.74, 6) is -2.48. The second-order valence-electron chi connectivity index (χ2n) is 4.38. The predicted octanol–water partition coefficient (Wildman–Crippen LogP) is 3.83. The van der Waals surface area contributed by atoms with Crippen LogP contribution in [0, 0.1) is 25.5 Å². The third-order valence-electron chi connectivity index (χ3n) is 2.79. The van der Waals surface area contributed by atoms with Crippen molar-refractivity contribution in [2.24, 2.45) is 0 Å². The minimum atomic E-state index is -0.867. The van der Waals surface area contributed by atoms with Crippen molar-refractivity contribution in [2.75, 3.05) is 5.32 Å². The first-order valence-corrected chi connectivity index (χ1v) is 5.81. The van der Waals surface area contributed by atoms with Crippen LogP contribution in [0.5, 0.6) is 0 Å². The smallest absolute Gasteiger partial charge is 0.261 e. The number of hydrogen-bond donors (Lipinski definition) is 1. The van der Waals surface area contributed by atoms with Gasteiger partial charge in [0.2, 0.25) is 0 Å². The van der Waals surface area contributed by atoms with Crippen molar-refractivity contribution in [2.45, 2.75) is 13.8 Å². The van der Waals surface area contributed by atoms with Gasteiger partial charge in [-0.05, 0) is 43.2 Å². The Balaban J connectivity index is 2.33. The molecule has 0 saturated carbocycles. The van der Waals surface area contributed by atoms with Gasteiger partial charge in [0, 0.05) is 5.69 Å². The average molecular weight is 261 g/mol. The van der Waals surface area contributed by atoms with Crippen LogP contribution in [0.15, 0.2) is 36.4 Å². The summed E-state index contributed by atoms with van der Waals surface area (Å²) in [6.07, 6.45) is 0. The lowest BCUT2D eigenvalue weighted by Crippen LogP contribution is -2.16. The highest BCUT2D eigenvalue weighted by Crippen LogP contribution is 2.18. The molecule has 0 atom stereocenters. The molecule has 0 aliphatic heterocycles. The van der Waals surface area contributed by atoms with E-state index in [4.69, 9.17) is 0 Å². The van der Waals surface area contributed by atoms with E-state index < -0.39 is 23.1 Å². The van der Waals surface area contributed by atoms with Gasteiger partial charge in [0.15, 0.2) is 0 Å². The summed E-state index contributed by atoms with van der Waals surface area (Å²) in [4.78, 5) is 11.9. The Morgan fingerprint density at radius 2 is 1.84 bits per heavy atom. The maximum atomic E-state index is 13.8. The molecule has 0 aliphatic carbocycles. The van der Waals surface area contributed by atoms with Gasteiger partial charge in [-0.15, -0.1) is 0 Å². The monoisotopic (exact) mass is 261 g/mol. The Bertz CT molecular complexity index is 638. The van der Waals surface area contributed by atoms with Crippen LogP contribution in [-0.2, 0) is 0 Å². The molecule has 0 saturated heterocycles. The molecular weight excluding hydrogens is 248 g/mol.